The molecular formula is C21H32N2O6. The lowest BCUT2D eigenvalue weighted by molar-refractivity contribution is -0.160. The number of hydrogen-bond acceptors (Lipinski definition) is 6. The highest BCUT2D eigenvalue weighted by molar-refractivity contribution is 6.01. The van der Waals surface area contributed by atoms with E-state index in [0.717, 1.165) is 0 Å². The minimum Gasteiger partial charge on any atom is -0.497 e. The van der Waals surface area contributed by atoms with E-state index >= 15 is 0 Å². The quantitative estimate of drug-likeness (QED) is 0.250. The number of benzene rings is 1. The number of methoxy groups -OCH3 is 1. The molecule has 1 rings (SSSR count). The lowest BCUT2D eigenvalue weighted by Crippen LogP contribution is -2.50. The Morgan fingerprint density at radius 1 is 1.07 bits per heavy atom. The molecule has 2 atom stereocenters. The third-order valence-electron chi connectivity index (χ3n) is 4.06. The Morgan fingerprint density at radius 2 is 1.66 bits per heavy atom. The molecule has 0 aromatic heterocycles. The monoisotopic (exact) mass is 408 g/mol. The van der Waals surface area contributed by atoms with Crippen molar-refractivity contribution < 1.29 is 29.1 Å². The zero-order valence-electron chi connectivity index (χ0n) is 17.9. The zero-order valence-corrected chi connectivity index (χ0v) is 17.9. The molecule has 0 saturated heterocycles. The van der Waals surface area contributed by atoms with Crippen LogP contribution in [0, 0.1) is 11.8 Å². The van der Waals surface area contributed by atoms with E-state index in [4.69, 9.17) is 14.7 Å². The number of hydroxylamine groups is 1. The van der Waals surface area contributed by atoms with Crippen molar-refractivity contribution in [3.05, 3.63) is 29.8 Å². The van der Waals surface area contributed by atoms with Crippen LogP contribution >= 0.6 is 0 Å². The molecule has 0 saturated carbocycles. The Balaban J connectivity index is 2.99. The van der Waals surface area contributed by atoms with Crippen LogP contribution in [0.5, 0.6) is 5.75 Å². The number of hydrogen-bond donors (Lipinski definition) is 3. The SMILES string of the molecule is COc1ccc(CC(C(=O)NO)C(=O)N[C@@H](CC(C)C)C(=O)OC(C)(C)C)cc1. The van der Waals surface area contributed by atoms with Crippen molar-refractivity contribution in [1.29, 1.82) is 0 Å². The molecule has 0 aliphatic rings. The molecule has 29 heavy (non-hydrogen) atoms. The lowest BCUT2D eigenvalue weighted by atomic mass is 9.96. The van der Waals surface area contributed by atoms with Gasteiger partial charge in [0.05, 0.1) is 7.11 Å². The fourth-order valence-electron chi connectivity index (χ4n) is 2.71. The Bertz CT molecular complexity index is 694. The molecular weight excluding hydrogens is 376 g/mol. The molecule has 1 aromatic rings. The summed E-state index contributed by atoms with van der Waals surface area (Å²) in [5.41, 5.74) is 1.52. The molecule has 8 nitrogen and oxygen atoms in total. The maximum absolute atomic E-state index is 12.8. The molecule has 0 aliphatic carbocycles. The smallest absolute Gasteiger partial charge is 0.329 e. The Labute approximate surface area is 171 Å². The van der Waals surface area contributed by atoms with Crippen molar-refractivity contribution in [3.8, 4) is 5.75 Å². The highest BCUT2D eigenvalue weighted by atomic mass is 16.6. The van der Waals surface area contributed by atoms with Crippen LogP contribution in [0.1, 0.15) is 46.6 Å². The second-order valence-corrected chi connectivity index (χ2v) is 8.31. The second-order valence-electron chi connectivity index (χ2n) is 8.31. The first kappa shape index (κ1) is 24.4. The number of rotatable bonds is 9. The van der Waals surface area contributed by atoms with Crippen molar-refractivity contribution in [2.45, 2.75) is 59.1 Å². The average molecular weight is 408 g/mol. The van der Waals surface area contributed by atoms with Crippen molar-refractivity contribution in [3.63, 3.8) is 0 Å². The summed E-state index contributed by atoms with van der Waals surface area (Å²) in [5.74, 6) is -2.55. The fourth-order valence-corrected chi connectivity index (χ4v) is 2.71. The van der Waals surface area contributed by atoms with Gasteiger partial charge in [0.15, 0.2) is 0 Å². The Morgan fingerprint density at radius 3 is 2.10 bits per heavy atom. The first-order valence-corrected chi connectivity index (χ1v) is 9.57. The third-order valence-corrected chi connectivity index (χ3v) is 4.06. The number of ether oxygens (including phenoxy) is 2. The molecule has 162 valence electrons. The van der Waals surface area contributed by atoms with Gasteiger partial charge in [-0.3, -0.25) is 14.8 Å². The van der Waals surface area contributed by atoms with E-state index in [1.165, 1.54) is 12.6 Å². The van der Waals surface area contributed by atoms with Crippen molar-refractivity contribution in [2.75, 3.05) is 7.11 Å². The van der Waals surface area contributed by atoms with Gasteiger partial charge in [0, 0.05) is 0 Å². The van der Waals surface area contributed by atoms with E-state index in [1.807, 2.05) is 13.8 Å². The first-order valence-electron chi connectivity index (χ1n) is 9.57. The van der Waals surface area contributed by atoms with Gasteiger partial charge in [-0.05, 0) is 57.2 Å². The lowest BCUT2D eigenvalue weighted by Gasteiger charge is -2.26. The van der Waals surface area contributed by atoms with Gasteiger partial charge >= 0.3 is 5.97 Å². The van der Waals surface area contributed by atoms with E-state index in [-0.39, 0.29) is 12.3 Å². The van der Waals surface area contributed by atoms with Crippen LogP contribution in [0.25, 0.3) is 0 Å². The maximum atomic E-state index is 12.8. The first-order chi connectivity index (χ1) is 13.5. The van der Waals surface area contributed by atoms with Crippen molar-refractivity contribution in [2.24, 2.45) is 11.8 Å². The molecule has 0 bridgehead atoms. The number of carbonyl (C=O) groups is 3. The van der Waals surface area contributed by atoms with Gasteiger partial charge in [-0.1, -0.05) is 26.0 Å². The predicted octanol–water partition coefficient (Wildman–Crippen LogP) is 2.23. The molecule has 0 radical (unpaired) electrons. The van der Waals surface area contributed by atoms with Gasteiger partial charge in [-0.2, -0.15) is 0 Å². The van der Waals surface area contributed by atoms with Crippen LogP contribution in [0.15, 0.2) is 24.3 Å². The average Bonchev–Trinajstić information content (AvgIpc) is 2.63. The topological polar surface area (TPSA) is 114 Å². The molecule has 1 unspecified atom stereocenters. The fraction of sp³-hybridized carbons (Fsp3) is 0.571. The number of nitrogens with one attached hydrogen (secondary N) is 2. The van der Waals surface area contributed by atoms with Crippen LogP contribution in [0.2, 0.25) is 0 Å². The Kier molecular flexibility index (Phi) is 9.10. The molecule has 0 aliphatic heterocycles. The minimum atomic E-state index is -1.22. The molecule has 0 heterocycles. The van der Waals surface area contributed by atoms with E-state index in [9.17, 15) is 14.4 Å². The number of esters is 1. The van der Waals surface area contributed by atoms with E-state index in [0.29, 0.717) is 17.7 Å². The van der Waals surface area contributed by atoms with Crippen molar-refractivity contribution >= 4 is 17.8 Å². The van der Waals surface area contributed by atoms with Crippen LogP contribution in [-0.2, 0) is 25.5 Å². The summed E-state index contributed by atoms with van der Waals surface area (Å²) in [5, 5.41) is 11.7. The zero-order chi connectivity index (χ0) is 22.2. The summed E-state index contributed by atoms with van der Waals surface area (Å²) in [4.78, 5) is 37.5. The number of carbonyl (C=O) groups excluding carboxylic acids is 3. The third kappa shape index (κ3) is 8.51. The molecule has 8 heteroatoms. The summed E-state index contributed by atoms with van der Waals surface area (Å²) in [7, 11) is 1.54. The minimum absolute atomic E-state index is 0.0466. The Hall–Kier alpha value is -2.61. The van der Waals surface area contributed by atoms with Gasteiger partial charge < -0.3 is 14.8 Å². The second kappa shape index (κ2) is 10.8. The van der Waals surface area contributed by atoms with Crippen LogP contribution in [-0.4, -0.2) is 41.7 Å². The summed E-state index contributed by atoms with van der Waals surface area (Å²) in [6.45, 7) is 9.05. The van der Waals surface area contributed by atoms with Gasteiger partial charge in [-0.25, -0.2) is 10.3 Å². The van der Waals surface area contributed by atoms with Gasteiger partial charge in [-0.15, -0.1) is 0 Å². The van der Waals surface area contributed by atoms with Crippen LogP contribution in [0.3, 0.4) is 0 Å². The van der Waals surface area contributed by atoms with Crippen LogP contribution < -0.4 is 15.5 Å². The largest absolute Gasteiger partial charge is 0.497 e. The maximum Gasteiger partial charge on any atom is 0.329 e. The predicted molar refractivity (Wildman–Crippen MR) is 107 cm³/mol. The summed E-state index contributed by atoms with van der Waals surface area (Å²) < 4.78 is 10.5. The van der Waals surface area contributed by atoms with Crippen LogP contribution in [0.4, 0.5) is 0 Å². The van der Waals surface area contributed by atoms with E-state index in [2.05, 4.69) is 5.32 Å². The standard InChI is InChI=1S/C21H32N2O6/c1-13(2)11-17(20(26)29-21(3,4)5)22-18(24)16(19(25)23-27)12-14-7-9-15(28-6)10-8-14/h7-10,13,16-17,27H,11-12H2,1-6H3,(H,22,24)(H,23,25)/t16?,17-/m0/s1. The summed E-state index contributed by atoms with van der Waals surface area (Å²) in [6.07, 6.45) is 0.404. The van der Waals surface area contributed by atoms with E-state index in [1.54, 1.807) is 45.0 Å². The molecule has 0 fully saturated rings. The molecule has 1 aromatic carbocycles. The highest BCUT2D eigenvalue weighted by Crippen LogP contribution is 2.17. The molecule has 0 spiro atoms. The van der Waals surface area contributed by atoms with Gasteiger partial charge in [0.2, 0.25) is 5.91 Å². The van der Waals surface area contributed by atoms with Gasteiger partial charge in [0.25, 0.3) is 5.91 Å². The summed E-state index contributed by atoms with van der Waals surface area (Å²) in [6, 6.07) is 5.98. The highest BCUT2D eigenvalue weighted by Gasteiger charge is 2.33. The van der Waals surface area contributed by atoms with Gasteiger partial charge in [0.1, 0.15) is 23.3 Å². The molecule has 2 amide bonds. The molecule has 3 N–H and O–H groups in total. The van der Waals surface area contributed by atoms with Crippen molar-refractivity contribution in [1.82, 2.24) is 10.8 Å². The number of amides is 2. The van der Waals surface area contributed by atoms with E-state index < -0.39 is 35.3 Å². The normalized spacial score (nSPS) is 13.4. The summed E-state index contributed by atoms with van der Waals surface area (Å²) >= 11 is 0.